The number of aromatic nitrogens is 4. The largest absolute Gasteiger partial charge is 0.370 e. The van der Waals surface area contributed by atoms with E-state index in [0.29, 0.717) is 12.0 Å². The summed E-state index contributed by atoms with van der Waals surface area (Å²) in [5.74, 6) is -0.242. The Morgan fingerprint density at radius 3 is 2.07 bits per heavy atom. The SMILES string of the molecule is N#Cc1ccc(-c2nn(C(c3ccccc3)(c3ccccc3)c3ccccc3)cc2-c2ccc3ncc(-c4ccc(CN5CCCC5CC(N)=O)s4)n3c2)cc1. The van der Waals surface area contributed by atoms with Crippen molar-refractivity contribution in [3.8, 4) is 39.0 Å². The maximum atomic E-state index is 11.7. The minimum absolute atomic E-state index is 0.201. The summed E-state index contributed by atoms with van der Waals surface area (Å²) in [5.41, 5.74) is 14.1. The fourth-order valence-electron chi connectivity index (χ4n) is 8.30. The van der Waals surface area contributed by atoms with Crippen LogP contribution in [0.15, 0.2) is 158 Å². The summed E-state index contributed by atoms with van der Waals surface area (Å²) < 4.78 is 4.28. The molecule has 5 heterocycles. The van der Waals surface area contributed by atoms with E-state index in [4.69, 9.17) is 15.8 Å². The molecular weight excluding hydrogens is 711 g/mol. The zero-order chi connectivity index (χ0) is 38.1. The van der Waals surface area contributed by atoms with Crippen LogP contribution in [0.3, 0.4) is 0 Å². The number of primary amides is 1. The first-order chi connectivity index (χ1) is 27.5. The summed E-state index contributed by atoms with van der Waals surface area (Å²) in [6.07, 6.45) is 8.75. The molecule has 8 nitrogen and oxygen atoms in total. The lowest BCUT2D eigenvalue weighted by Crippen LogP contribution is -2.38. The number of nitrogens with zero attached hydrogens (tertiary/aromatic N) is 6. The van der Waals surface area contributed by atoms with Gasteiger partial charge in [0.25, 0.3) is 0 Å². The molecule has 9 rings (SSSR count). The highest BCUT2D eigenvalue weighted by Crippen LogP contribution is 2.43. The van der Waals surface area contributed by atoms with Gasteiger partial charge < -0.3 is 5.73 Å². The van der Waals surface area contributed by atoms with Crippen LogP contribution in [0.5, 0.6) is 0 Å². The van der Waals surface area contributed by atoms with Crippen LogP contribution in [0.25, 0.3) is 38.6 Å². The first-order valence-corrected chi connectivity index (χ1v) is 19.7. The van der Waals surface area contributed by atoms with Gasteiger partial charge in [-0.3, -0.25) is 18.8 Å². The first-order valence-electron chi connectivity index (χ1n) is 18.9. The van der Waals surface area contributed by atoms with E-state index in [1.54, 1.807) is 11.3 Å². The number of carbonyl (C=O) groups is 1. The van der Waals surface area contributed by atoms with Crippen molar-refractivity contribution < 1.29 is 4.79 Å². The van der Waals surface area contributed by atoms with Gasteiger partial charge in [-0.25, -0.2) is 4.98 Å². The number of likely N-dealkylation sites (tertiary alicyclic amines) is 1. The molecule has 1 aliphatic heterocycles. The maximum absolute atomic E-state index is 11.7. The maximum Gasteiger partial charge on any atom is 0.218 e. The van der Waals surface area contributed by atoms with Crippen LogP contribution in [0.1, 0.15) is 46.4 Å². The van der Waals surface area contributed by atoms with Gasteiger partial charge in [-0.05, 0) is 72.5 Å². The van der Waals surface area contributed by atoms with Gasteiger partial charge in [0.15, 0.2) is 0 Å². The first kappa shape index (κ1) is 35.1. The third-order valence-electron chi connectivity index (χ3n) is 10.9. The van der Waals surface area contributed by atoms with Crippen molar-refractivity contribution in [1.29, 1.82) is 5.26 Å². The van der Waals surface area contributed by atoms with Gasteiger partial charge in [-0.15, -0.1) is 11.3 Å². The van der Waals surface area contributed by atoms with Crippen molar-refractivity contribution in [2.24, 2.45) is 5.73 Å². The minimum atomic E-state index is -0.813. The van der Waals surface area contributed by atoms with Crippen molar-refractivity contribution in [1.82, 2.24) is 24.1 Å². The van der Waals surface area contributed by atoms with Crippen molar-refractivity contribution in [3.63, 3.8) is 0 Å². The number of amides is 1. The molecule has 4 aromatic carbocycles. The second kappa shape index (κ2) is 14.9. The van der Waals surface area contributed by atoms with Crippen LogP contribution in [0, 0.1) is 11.3 Å². The van der Waals surface area contributed by atoms with E-state index >= 15 is 0 Å². The standard InChI is InChI=1S/C47H39N7OS/c48-28-33-18-20-34(21-19-33)46-41(32-54(51-46)47(36-11-4-1-5-12-36,37-13-6-2-7-14-37)38-15-8-3-9-16-38)35-22-25-45-50-29-42(53(45)30-35)43-24-23-40(56-43)31-52-26-10-17-39(52)27-44(49)55/h1-9,11-16,18-25,29-30,32,39H,10,17,26-27,31H2,(H2,49,55). The molecule has 2 N–H and O–H groups in total. The Hall–Kier alpha value is -6.60. The van der Waals surface area contributed by atoms with Gasteiger partial charge in [0.05, 0.1) is 28.4 Å². The molecule has 0 aliphatic carbocycles. The molecule has 4 aromatic heterocycles. The van der Waals surface area contributed by atoms with Crippen molar-refractivity contribution in [3.05, 3.63) is 185 Å². The van der Waals surface area contributed by atoms with E-state index in [1.165, 1.54) is 4.88 Å². The number of hydrogen-bond acceptors (Lipinski definition) is 6. The summed E-state index contributed by atoms with van der Waals surface area (Å²) in [5, 5.41) is 15.2. The highest BCUT2D eigenvalue weighted by Gasteiger charge is 2.40. The number of nitriles is 1. The smallest absolute Gasteiger partial charge is 0.218 e. The molecule has 274 valence electrons. The summed E-state index contributed by atoms with van der Waals surface area (Å²) in [7, 11) is 0. The van der Waals surface area contributed by atoms with E-state index in [0.717, 1.165) is 81.2 Å². The highest BCUT2D eigenvalue weighted by atomic mass is 32.1. The van der Waals surface area contributed by atoms with Crippen LogP contribution in [0.4, 0.5) is 0 Å². The number of pyridine rings is 1. The third-order valence-corrected chi connectivity index (χ3v) is 12.0. The highest BCUT2D eigenvalue weighted by molar-refractivity contribution is 7.15. The normalized spacial score (nSPS) is 14.6. The van der Waals surface area contributed by atoms with Crippen LogP contribution in [0.2, 0.25) is 0 Å². The van der Waals surface area contributed by atoms with E-state index < -0.39 is 5.54 Å². The zero-order valence-corrected chi connectivity index (χ0v) is 31.5. The lowest BCUT2D eigenvalue weighted by atomic mass is 9.77. The van der Waals surface area contributed by atoms with Crippen molar-refractivity contribution >= 4 is 22.9 Å². The molecule has 1 fully saturated rings. The van der Waals surface area contributed by atoms with Gasteiger partial charge in [-0.2, -0.15) is 10.4 Å². The summed E-state index contributed by atoms with van der Waals surface area (Å²) >= 11 is 1.76. The van der Waals surface area contributed by atoms with Crippen LogP contribution >= 0.6 is 11.3 Å². The Balaban J connectivity index is 1.20. The molecule has 0 radical (unpaired) electrons. The predicted octanol–water partition coefficient (Wildman–Crippen LogP) is 9.14. The molecule has 1 amide bonds. The summed E-state index contributed by atoms with van der Waals surface area (Å²) in [6.45, 7) is 1.77. The zero-order valence-electron chi connectivity index (χ0n) is 30.7. The quantitative estimate of drug-likeness (QED) is 0.133. The van der Waals surface area contributed by atoms with Gasteiger partial charge in [0, 0.05) is 53.0 Å². The molecule has 1 aliphatic rings. The van der Waals surface area contributed by atoms with E-state index in [9.17, 15) is 10.1 Å². The average Bonchev–Trinajstić information content (AvgIpc) is 4.07. The third kappa shape index (κ3) is 6.39. The molecule has 1 saturated heterocycles. The number of rotatable bonds is 11. The monoisotopic (exact) mass is 749 g/mol. The Bertz CT molecular complexity index is 2580. The van der Waals surface area contributed by atoms with Gasteiger partial charge >= 0.3 is 0 Å². The minimum Gasteiger partial charge on any atom is -0.370 e. The van der Waals surface area contributed by atoms with E-state index in [1.807, 2.05) is 48.7 Å². The fraction of sp³-hybridized carbons (Fsp3) is 0.149. The number of benzene rings is 4. The molecule has 1 unspecified atom stereocenters. The number of hydrogen-bond donors (Lipinski definition) is 1. The van der Waals surface area contributed by atoms with E-state index in [-0.39, 0.29) is 11.9 Å². The molecule has 0 bridgehead atoms. The second-order valence-electron chi connectivity index (χ2n) is 14.3. The van der Waals surface area contributed by atoms with Gasteiger partial charge in [-0.1, -0.05) is 103 Å². The summed E-state index contributed by atoms with van der Waals surface area (Å²) in [4.78, 5) is 21.3. The number of nitrogens with two attached hydrogens (primary N) is 1. The van der Waals surface area contributed by atoms with Crippen LogP contribution < -0.4 is 5.73 Å². The molecule has 0 spiro atoms. The predicted molar refractivity (Wildman–Crippen MR) is 222 cm³/mol. The summed E-state index contributed by atoms with van der Waals surface area (Å²) in [6, 6.07) is 50.3. The van der Waals surface area contributed by atoms with E-state index in [2.05, 4.69) is 130 Å². The Morgan fingerprint density at radius 1 is 0.804 bits per heavy atom. The van der Waals surface area contributed by atoms with Crippen LogP contribution in [-0.4, -0.2) is 42.6 Å². The number of imidazole rings is 1. The molecule has 8 aromatic rings. The van der Waals surface area contributed by atoms with Gasteiger partial charge in [0.1, 0.15) is 16.9 Å². The Labute approximate surface area is 329 Å². The average molecular weight is 750 g/mol. The Kier molecular flexibility index (Phi) is 9.35. The van der Waals surface area contributed by atoms with Crippen molar-refractivity contribution in [2.45, 2.75) is 37.4 Å². The molecular formula is C47H39N7OS. The molecule has 1 atom stereocenters. The molecule has 0 saturated carbocycles. The number of fused-ring (bicyclic) bond motifs is 1. The van der Waals surface area contributed by atoms with Crippen molar-refractivity contribution in [2.75, 3.05) is 6.54 Å². The lowest BCUT2D eigenvalue weighted by Gasteiger charge is -2.36. The number of thiophene rings is 1. The second-order valence-corrected chi connectivity index (χ2v) is 15.5. The van der Waals surface area contributed by atoms with Crippen LogP contribution in [-0.2, 0) is 16.9 Å². The molecule has 9 heteroatoms. The number of carbonyl (C=O) groups excluding carboxylic acids is 1. The lowest BCUT2D eigenvalue weighted by molar-refractivity contribution is -0.119. The van der Waals surface area contributed by atoms with Gasteiger partial charge in [0.2, 0.25) is 5.91 Å². The Morgan fingerprint density at radius 2 is 1.45 bits per heavy atom. The topological polar surface area (TPSA) is 105 Å². The fourth-order valence-corrected chi connectivity index (χ4v) is 9.34. The molecule has 56 heavy (non-hydrogen) atoms.